The summed E-state index contributed by atoms with van der Waals surface area (Å²) < 4.78 is 44.1. The molecule has 28 heavy (non-hydrogen) atoms. The maximum atomic E-state index is 12.7. The molecule has 1 heterocycles. The molecule has 0 saturated carbocycles. The third kappa shape index (κ3) is 4.03. The van der Waals surface area contributed by atoms with Gasteiger partial charge in [0.25, 0.3) is 0 Å². The molecule has 0 aliphatic heterocycles. The molecule has 4 aromatic rings. The summed E-state index contributed by atoms with van der Waals surface area (Å²) >= 11 is 0. The van der Waals surface area contributed by atoms with Gasteiger partial charge in [-0.25, -0.2) is 0 Å². The van der Waals surface area contributed by atoms with Gasteiger partial charge >= 0.3 is 6.18 Å². The SMILES string of the molecule is FC(F)(F)c1ccc(Cc2c[nH]c3ccc(OCc4ccccc4)cc23)cc1. The highest BCUT2D eigenvalue weighted by atomic mass is 19.4. The van der Waals surface area contributed by atoms with E-state index in [0.717, 1.165) is 45.5 Å². The number of aromatic amines is 1. The molecule has 1 aromatic heterocycles. The average Bonchev–Trinajstić information content (AvgIpc) is 3.09. The number of hydrogen-bond donors (Lipinski definition) is 1. The van der Waals surface area contributed by atoms with Gasteiger partial charge in [0.15, 0.2) is 0 Å². The second-order valence-electron chi connectivity index (χ2n) is 6.67. The number of fused-ring (bicyclic) bond motifs is 1. The number of ether oxygens (including phenoxy) is 1. The number of hydrogen-bond acceptors (Lipinski definition) is 1. The van der Waals surface area contributed by atoms with Crippen molar-refractivity contribution < 1.29 is 17.9 Å². The molecule has 0 fully saturated rings. The molecule has 3 aromatic carbocycles. The van der Waals surface area contributed by atoms with E-state index in [1.54, 1.807) is 0 Å². The molecule has 0 atom stereocenters. The molecule has 142 valence electrons. The van der Waals surface area contributed by atoms with E-state index in [4.69, 9.17) is 4.74 Å². The van der Waals surface area contributed by atoms with Crippen LogP contribution in [0.25, 0.3) is 10.9 Å². The molecule has 5 heteroatoms. The average molecular weight is 381 g/mol. The van der Waals surface area contributed by atoms with Gasteiger partial charge in [0.05, 0.1) is 5.56 Å². The van der Waals surface area contributed by atoms with Gasteiger partial charge in [-0.05, 0) is 53.4 Å². The van der Waals surface area contributed by atoms with E-state index in [2.05, 4.69) is 4.98 Å². The first kappa shape index (κ1) is 18.2. The Kier molecular flexibility index (Phi) is 4.82. The molecule has 0 spiro atoms. The highest BCUT2D eigenvalue weighted by molar-refractivity contribution is 5.85. The Bertz CT molecular complexity index is 1070. The molecule has 0 saturated heterocycles. The van der Waals surface area contributed by atoms with Crippen LogP contribution in [0.2, 0.25) is 0 Å². The van der Waals surface area contributed by atoms with Crippen molar-refractivity contribution in [3.8, 4) is 5.75 Å². The van der Waals surface area contributed by atoms with Crippen LogP contribution >= 0.6 is 0 Å². The van der Waals surface area contributed by atoms with Crippen molar-refractivity contribution in [3.63, 3.8) is 0 Å². The van der Waals surface area contributed by atoms with Crippen LogP contribution in [0.4, 0.5) is 13.2 Å². The van der Waals surface area contributed by atoms with Crippen LogP contribution in [0.1, 0.15) is 22.3 Å². The molecule has 0 aliphatic rings. The van der Waals surface area contributed by atoms with E-state index < -0.39 is 11.7 Å². The molecular weight excluding hydrogens is 363 g/mol. The number of benzene rings is 3. The van der Waals surface area contributed by atoms with Gasteiger partial charge in [-0.3, -0.25) is 0 Å². The van der Waals surface area contributed by atoms with Gasteiger partial charge in [0, 0.05) is 17.1 Å². The Morgan fingerprint density at radius 2 is 1.57 bits per heavy atom. The van der Waals surface area contributed by atoms with Crippen molar-refractivity contribution in [1.82, 2.24) is 4.98 Å². The first-order valence-electron chi connectivity index (χ1n) is 8.92. The maximum absolute atomic E-state index is 12.7. The molecule has 0 amide bonds. The quantitative estimate of drug-likeness (QED) is 0.428. The first-order valence-corrected chi connectivity index (χ1v) is 8.92. The minimum atomic E-state index is -4.32. The zero-order valence-electron chi connectivity index (χ0n) is 15.0. The predicted octanol–water partition coefficient (Wildman–Crippen LogP) is 6.36. The van der Waals surface area contributed by atoms with Crippen LogP contribution in [-0.4, -0.2) is 4.98 Å². The highest BCUT2D eigenvalue weighted by Crippen LogP contribution is 2.30. The third-order valence-electron chi connectivity index (χ3n) is 4.66. The summed E-state index contributed by atoms with van der Waals surface area (Å²) in [4.78, 5) is 3.21. The normalized spacial score (nSPS) is 11.7. The number of rotatable bonds is 5. The molecule has 0 aliphatic carbocycles. The monoisotopic (exact) mass is 381 g/mol. The topological polar surface area (TPSA) is 25.0 Å². The molecular formula is C23H18F3NO. The third-order valence-corrected chi connectivity index (χ3v) is 4.66. The van der Waals surface area contributed by atoms with Gasteiger partial charge in [-0.15, -0.1) is 0 Å². The Balaban J connectivity index is 1.53. The number of halogens is 3. The predicted molar refractivity (Wildman–Crippen MR) is 103 cm³/mol. The lowest BCUT2D eigenvalue weighted by atomic mass is 10.0. The largest absolute Gasteiger partial charge is 0.489 e. The Morgan fingerprint density at radius 3 is 2.29 bits per heavy atom. The van der Waals surface area contributed by atoms with E-state index in [-0.39, 0.29) is 0 Å². The van der Waals surface area contributed by atoms with Crippen molar-refractivity contribution in [2.45, 2.75) is 19.2 Å². The standard InChI is InChI=1S/C23H18F3NO/c24-23(25,26)19-8-6-16(7-9-19)12-18-14-27-22-11-10-20(13-21(18)22)28-15-17-4-2-1-3-5-17/h1-11,13-14,27H,12,15H2. The van der Waals surface area contributed by atoms with E-state index in [0.29, 0.717) is 13.0 Å². The Morgan fingerprint density at radius 1 is 0.821 bits per heavy atom. The van der Waals surface area contributed by atoms with E-state index in [1.807, 2.05) is 54.7 Å². The lowest BCUT2D eigenvalue weighted by Crippen LogP contribution is -2.04. The summed E-state index contributed by atoms with van der Waals surface area (Å²) in [5, 5.41) is 1.01. The minimum absolute atomic E-state index is 0.477. The van der Waals surface area contributed by atoms with Crippen LogP contribution in [0, 0.1) is 0 Å². The summed E-state index contributed by atoms with van der Waals surface area (Å²) in [6.45, 7) is 0.477. The molecule has 0 radical (unpaired) electrons. The van der Waals surface area contributed by atoms with Crippen molar-refractivity contribution >= 4 is 10.9 Å². The second kappa shape index (κ2) is 7.43. The Hall–Kier alpha value is -3.21. The minimum Gasteiger partial charge on any atom is -0.489 e. The van der Waals surface area contributed by atoms with Crippen molar-refractivity contribution in [1.29, 1.82) is 0 Å². The number of aromatic nitrogens is 1. The van der Waals surface area contributed by atoms with Crippen molar-refractivity contribution in [3.05, 3.63) is 101 Å². The summed E-state index contributed by atoms with van der Waals surface area (Å²) in [6.07, 6.45) is -1.88. The summed E-state index contributed by atoms with van der Waals surface area (Å²) in [7, 11) is 0. The molecule has 0 unspecified atom stereocenters. The first-order chi connectivity index (χ1) is 13.5. The zero-order chi connectivity index (χ0) is 19.6. The van der Waals surface area contributed by atoms with Gasteiger partial charge in [0.2, 0.25) is 0 Å². The van der Waals surface area contributed by atoms with E-state index in [1.165, 1.54) is 12.1 Å². The number of H-pyrrole nitrogens is 1. The molecule has 2 nitrogen and oxygen atoms in total. The zero-order valence-corrected chi connectivity index (χ0v) is 15.0. The summed E-state index contributed by atoms with van der Waals surface area (Å²) in [6, 6.07) is 21.0. The fourth-order valence-electron chi connectivity index (χ4n) is 3.17. The van der Waals surface area contributed by atoms with Gasteiger partial charge in [-0.1, -0.05) is 42.5 Å². The number of nitrogens with one attached hydrogen (secondary N) is 1. The molecule has 0 bridgehead atoms. The fraction of sp³-hybridized carbons (Fsp3) is 0.130. The smallest absolute Gasteiger partial charge is 0.416 e. The van der Waals surface area contributed by atoms with Crippen LogP contribution < -0.4 is 4.74 Å². The van der Waals surface area contributed by atoms with Gasteiger partial charge in [-0.2, -0.15) is 13.2 Å². The van der Waals surface area contributed by atoms with Crippen molar-refractivity contribution in [2.75, 3.05) is 0 Å². The van der Waals surface area contributed by atoms with E-state index in [9.17, 15) is 13.2 Å². The maximum Gasteiger partial charge on any atom is 0.416 e. The lowest BCUT2D eigenvalue weighted by molar-refractivity contribution is -0.137. The lowest BCUT2D eigenvalue weighted by Gasteiger charge is -2.08. The van der Waals surface area contributed by atoms with Crippen LogP contribution in [-0.2, 0) is 19.2 Å². The van der Waals surface area contributed by atoms with Crippen LogP contribution in [0.3, 0.4) is 0 Å². The van der Waals surface area contributed by atoms with Gasteiger partial charge < -0.3 is 9.72 Å². The van der Waals surface area contributed by atoms with Crippen LogP contribution in [0.15, 0.2) is 79.0 Å². The van der Waals surface area contributed by atoms with Gasteiger partial charge in [0.1, 0.15) is 12.4 Å². The van der Waals surface area contributed by atoms with Crippen molar-refractivity contribution in [2.24, 2.45) is 0 Å². The highest BCUT2D eigenvalue weighted by Gasteiger charge is 2.29. The summed E-state index contributed by atoms with van der Waals surface area (Å²) in [5.74, 6) is 0.754. The number of alkyl halides is 3. The Labute approximate surface area is 160 Å². The summed E-state index contributed by atoms with van der Waals surface area (Å²) in [5.41, 5.74) is 3.26. The molecule has 4 rings (SSSR count). The van der Waals surface area contributed by atoms with E-state index >= 15 is 0 Å². The fourth-order valence-corrected chi connectivity index (χ4v) is 3.17. The van der Waals surface area contributed by atoms with Crippen LogP contribution in [0.5, 0.6) is 5.75 Å². The molecule has 1 N–H and O–H groups in total. The second-order valence-corrected chi connectivity index (χ2v) is 6.67.